The van der Waals surface area contributed by atoms with Crippen LogP contribution in [0.2, 0.25) is 10.0 Å². The molecule has 0 saturated heterocycles. The number of fused-ring (bicyclic) bond motifs is 2. The highest BCUT2D eigenvalue weighted by molar-refractivity contribution is 6.35. The largest absolute Gasteiger partial charge is 0.328 e. The van der Waals surface area contributed by atoms with Gasteiger partial charge in [-0.3, -0.25) is 9.48 Å². The fourth-order valence-corrected chi connectivity index (χ4v) is 4.98. The van der Waals surface area contributed by atoms with Crippen LogP contribution in [0.4, 0.5) is 0 Å². The van der Waals surface area contributed by atoms with Crippen molar-refractivity contribution in [3.63, 3.8) is 0 Å². The van der Waals surface area contributed by atoms with Crippen molar-refractivity contribution in [3.05, 3.63) is 63.5 Å². The van der Waals surface area contributed by atoms with E-state index in [1.165, 1.54) is 0 Å². The molecule has 1 aromatic carbocycles. The summed E-state index contributed by atoms with van der Waals surface area (Å²) in [6.45, 7) is 2.57. The van der Waals surface area contributed by atoms with Crippen molar-refractivity contribution < 1.29 is 4.79 Å². The maximum atomic E-state index is 13.5. The number of nitrogens with zero attached hydrogens (tertiary/aromatic N) is 6. The lowest BCUT2D eigenvalue weighted by Crippen LogP contribution is -2.39. The Hall–Kier alpha value is -2.90. The molecule has 7 nitrogen and oxygen atoms in total. The predicted octanol–water partition coefficient (Wildman–Crippen LogP) is 4.44. The van der Waals surface area contributed by atoms with Crippen molar-refractivity contribution in [3.8, 4) is 11.3 Å². The third-order valence-corrected chi connectivity index (χ3v) is 6.28. The topological polar surface area (TPSA) is 68.8 Å². The molecule has 9 heteroatoms. The zero-order valence-corrected chi connectivity index (χ0v) is 18.8. The second kappa shape index (κ2) is 7.35. The summed E-state index contributed by atoms with van der Waals surface area (Å²) in [4.78, 5) is 19.6. The van der Waals surface area contributed by atoms with Gasteiger partial charge in [0.05, 0.1) is 22.8 Å². The summed E-state index contributed by atoms with van der Waals surface area (Å²) in [5, 5.41) is 11.1. The highest BCUT2D eigenvalue weighted by atomic mass is 35.5. The third kappa shape index (κ3) is 3.20. The van der Waals surface area contributed by atoms with Gasteiger partial charge in [-0.2, -0.15) is 10.2 Å². The van der Waals surface area contributed by atoms with Crippen LogP contribution in [-0.2, 0) is 20.5 Å². The second-order valence-corrected chi connectivity index (χ2v) is 8.64. The third-order valence-electron chi connectivity index (χ3n) is 5.84. The summed E-state index contributed by atoms with van der Waals surface area (Å²) in [5.41, 5.74) is 5.00. The molecule has 0 fully saturated rings. The van der Waals surface area contributed by atoms with Crippen LogP contribution in [0.5, 0.6) is 0 Å². The average molecular weight is 455 g/mol. The van der Waals surface area contributed by atoms with Crippen molar-refractivity contribution in [1.82, 2.24) is 29.4 Å². The molecule has 158 valence electrons. The number of hydrogen-bond donors (Lipinski definition) is 0. The zero-order valence-electron chi connectivity index (χ0n) is 17.3. The summed E-state index contributed by atoms with van der Waals surface area (Å²) in [5.74, 6) is -0.116. The van der Waals surface area contributed by atoms with Gasteiger partial charge >= 0.3 is 0 Å². The summed E-state index contributed by atoms with van der Waals surface area (Å²) < 4.78 is 3.49. The molecule has 1 aliphatic heterocycles. The van der Waals surface area contributed by atoms with E-state index in [1.807, 2.05) is 47.8 Å². The molecule has 31 heavy (non-hydrogen) atoms. The van der Waals surface area contributed by atoms with Gasteiger partial charge in [-0.1, -0.05) is 23.2 Å². The van der Waals surface area contributed by atoms with Crippen molar-refractivity contribution in [1.29, 1.82) is 0 Å². The Bertz CT molecular complexity index is 1320. The normalized spacial score (nSPS) is 16.0. The molecule has 4 aromatic rings. The summed E-state index contributed by atoms with van der Waals surface area (Å²) >= 11 is 12.5. The second-order valence-electron chi connectivity index (χ2n) is 7.77. The van der Waals surface area contributed by atoms with Crippen LogP contribution >= 0.6 is 23.2 Å². The number of amides is 1. The standard InChI is InChI=1S/C22H20Cl2N6O/c1-12-18-16(20(28(2)26-18)13-9-14(23)11-15(24)10-13)6-8-30(12)22(31)19-17-5-4-7-25-21(17)29(3)27-19/h4-5,7,9-12H,6,8H2,1-3H3. The van der Waals surface area contributed by atoms with Gasteiger partial charge in [0.25, 0.3) is 5.91 Å². The molecule has 1 amide bonds. The van der Waals surface area contributed by atoms with Crippen LogP contribution < -0.4 is 0 Å². The minimum atomic E-state index is -0.195. The van der Waals surface area contributed by atoms with Gasteiger partial charge in [-0.15, -0.1) is 0 Å². The number of pyridine rings is 1. The van der Waals surface area contributed by atoms with Crippen LogP contribution in [0.25, 0.3) is 22.3 Å². The molecule has 4 heterocycles. The molecule has 5 rings (SSSR count). The van der Waals surface area contributed by atoms with Crippen LogP contribution in [0.15, 0.2) is 36.5 Å². The molecule has 1 unspecified atom stereocenters. The number of aromatic nitrogens is 5. The summed E-state index contributed by atoms with van der Waals surface area (Å²) in [7, 11) is 3.70. The lowest BCUT2D eigenvalue weighted by atomic mass is 9.95. The van der Waals surface area contributed by atoms with E-state index >= 15 is 0 Å². The molecule has 3 aromatic heterocycles. The minimum Gasteiger partial charge on any atom is -0.328 e. The first-order valence-corrected chi connectivity index (χ1v) is 10.7. The van der Waals surface area contributed by atoms with Crippen molar-refractivity contribution >= 4 is 40.1 Å². The van der Waals surface area contributed by atoms with E-state index < -0.39 is 0 Å². The molecule has 1 aliphatic rings. The Morgan fingerprint density at radius 3 is 2.58 bits per heavy atom. The van der Waals surface area contributed by atoms with Gasteiger partial charge in [0.15, 0.2) is 11.3 Å². The predicted molar refractivity (Wildman–Crippen MR) is 120 cm³/mol. The van der Waals surface area contributed by atoms with Crippen molar-refractivity contribution in [2.45, 2.75) is 19.4 Å². The maximum absolute atomic E-state index is 13.5. The highest BCUT2D eigenvalue weighted by Gasteiger charge is 2.35. The fourth-order valence-electron chi connectivity index (χ4n) is 4.46. The summed E-state index contributed by atoms with van der Waals surface area (Å²) in [6, 6.07) is 8.99. The average Bonchev–Trinajstić information content (AvgIpc) is 3.25. The van der Waals surface area contributed by atoms with Gasteiger partial charge in [0, 0.05) is 48.0 Å². The molecule has 0 saturated carbocycles. The van der Waals surface area contributed by atoms with Gasteiger partial charge in [0.1, 0.15) is 0 Å². The maximum Gasteiger partial charge on any atom is 0.275 e. The molecule has 0 radical (unpaired) electrons. The molecule has 0 spiro atoms. The van der Waals surface area contributed by atoms with Crippen LogP contribution in [0, 0.1) is 0 Å². The minimum absolute atomic E-state index is 0.116. The number of hydrogen-bond acceptors (Lipinski definition) is 4. The first kappa shape index (κ1) is 20.0. The molecule has 0 bridgehead atoms. The smallest absolute Gasteiger partial charge is 0.275 e. The molecule has 1 atom stereocenters. The first-order valence-electron chi connectivity index (χ1n) is 9.96. The van der Waals surface area contributed by atoms with E-state index in [4.69, 9.17) is 28.3 Å². The lowest BCUT2D eigenvalue weighted by molar-refractivity contribution is 0.0668. The molecular formula is C22H20Cl2N6O. The van der Waals surface area contributed by atoms with Crippen LogP contribution in [0.3, 0.4) is 0 Å². The van der Waals surface area contributed by atoms with Crippen molar-refractivity contribution in [2.75, 3.05) is 6.54 Å². The van der Waals surface area contributed by atoms with E-state index in [-0.39, 0.29) is 11.9 Å². The highest BCUT2D eigenvalue weighted by Crippen LogP contribution is 2.37. The van der Waals surface area contributed by atoms with Gasteiger partial charge in [-0.25, -0.2) is 9.67 Å². The lowest BCUT2D eigenvalue weighted by Gasteiger charge is -2.32. The quantitative estimate of drug-likeness (QED) is 0.448. The van der Waals surface area contributed by atoms with Gasteiger partial charge < -0.3 is 4.90 Å². The number of aryl methyl sites for hydroxylation is 2. The van der Waals surface area contributed by atoms with E-state index in [2.05, 4.69) is 10.1 Å². The molecule has 0 aliphatic carbocycles. The number of carbonyl (C=O) groups excluding carboxylic acids is 1. The summed E-state index contributed by atoms with van der Waals surface area (Å²) in [6.07, 6.45) is 2.38. The zero-order chi connectivity index (χ0) is 21.9. The first-order chi connectivity index (χ1) is 14.8. The Balaban J connectivity index is 1.54. The fraction of sp³-hybridized carbons (Fsp3) is 0.273. The van der Waals surface area contributed by atoms with Gasteiger partial charge in [0.2, 0.25) is 0 Å². The molecule has 0 N–H and O–H groups in total. The number of rotatable bonds is 2. The van der Waals surface area contributed by atoms with E-state index in [0.29, 0.717) is 34.4 Å². The van der Waals surface area contributed by atoms with Crippen molar-refractivity contribution in [2.24, 2.45) is 14.1 Å². The Morgan fingerprint density at radius 1 is 1.10 bits per heavy atom. The van der Waals surface area contributed by atoms with Gasteiger partial charge in [-0.05, 0) is 43.7 Å². The monoisotopic (exact) mass is 454 g/mol. The Kier molecular flexibility index (Phi) is 4.75. The Labute approximate surface area is 189 Å². The number of halogens is 2. The van der Waals surface area contributed by atoms with E-state index in [0.717, 1.165) is 27.9 Å². The van der Waals surface area contributed by atoms with E-state index in [1.54, 1.807) is 24.0 Å². The SMILES string of the molecule is CC1c2nn(C)c(-c3cc(Cl)cc(Cl)c3)c2CCN1C(=O)c1nn(C)c2ncccc12. The van der Waals surface area contributed by atoms with E-state index in [9.17, 15) is 4.79 Å². The van der Waals surface area contributed by atoms with Crippen LogP contribution in [0.1, 0.15) is 34.7 Å². The van der Waals surface area contributed by atoms with Crippen LogP contribution in [-0.4, -0.2) is 41.9 Å². The molecular weight excluding hydrogens is 435 g/mol. The Morgan fingerprint density at radius 2 is 1.84 bits per heavy atom. The number of benzene rings is 1. The number of carbonyl (C=O) groups is 1.